The third-order valence-corrected chi connectivity index (χ3v) is 1.45. The highest BCUT2D eigenvalue weighted by Gasteiger charge is 2.07. The lowest BCUT2D eigenvalue weighted by Gasteiger charge is -2.09. The number of rotatable bonds is 4. The third-order valence-electron chi connectivity index (χ3n) is 1.45. The fourth-order valence-electron chi connectivity index (χ4n) is 0.573. The molecule has 2 nitrogen and oxygen atoms in total. The summed E-state index contributed by atoms with van der Waals surface area (Å²) in [7, 11) is 0. The van der Waals surface area contributed by atoms with Gasteiger partial charge in [-0.2, -0.15) is 0 Å². The van der Waals surface area contributed by atoms with Gasteiger partial charge in [-0.15, -0.1) is 6.58 Å². The van der Waals surface area contributed by atoms with Crippen molar-refractivity contribution >= 4 is 5.91 Å². The summed E-state index contributed by atoms with van der Waals surface area (Å²) in [4.78, 5) is 11.1. The molecular weight excluding hydrogens is 138 g/mol. The summed E-state index contributed by atoms with van der Waals surface area (Å²) in [5.41, 5.74) is 0. The van der Waals surface area contributed by atoms with Gasteiger partial charge in [-0.25, -0.2) is 0 Å². The number of hydrogen-bond acceptors (Lipinski definition) is 1. The first-order chi connectivity index (χ1) is 5.07. The molecule has 0 spiro atoms. The van der Waals surface area contributed by atoms with Gasteiger partial charge in [-0.3, -0.25) is 4.79 Å². The molecule has 0 aromatic rings. The SMILES string of the molecule is C=CC(C)C(=O)NCC(C)C. The molecular formula is C9H17NO. The molecule has 0 aromatic heterocycles. The molecule has 1 amide bonds. The van der Waals surface area contributed by atoms with E-state index in [4.69, 9.17) is 0 Å². The monoisotopic (exact) mass is 155 g/mol. The molecule has 1 N–H and O–H groups in total. The van der Waals surface area contributed by atoms with E-state index >= 15 is 0 Å². The molecule has 1 atom stereocenters. The highest BCUT2D eigenvalue weighted by atomic mass is 16.1. The molecule has 0 rings (SSSR count). The van der Waals surface area contributed by atoms with Crippen molar-refractivity contribution in [2.45, 2.75) is 20.8 Å². The summed E-state index contributed by atoms with van der Waals surface area (Å²) in [5.74, 6) is 0.499. The Hall–Kier alpha value is -0.790. The van der Waals surface area contributed by atoms with Crippen LogP contribution in [0.1, 0.15) is 20.8 Å². The van der Waals surface area contributed by atoms with Crippen molar-refractivity contribution in [1.29, 1.82) is 0 Å². The molecule has 1 unspecified atom stereocenters. The van der Waals surface area contributed by atoms with Crippen LogP contribution in [-0.2, 0) is 4.79 Å². The fourth-order valence-corrected chi connectivity index (χ4v) is 0.573. The summed E-state index contributed by atoms with van der Waals surface area (Å²) < 4.78 is 0. The molecule has 64 valence electrons. The molecule has 0 aliphatic heterocycles. The summed E-state index contributed by atoms with van der Waals surface area (Å²) in [6.45, 7) is 10.3. The largest absolute Gasteiger partial charge is 0.355 e. The average Bonchev–Trinajstić information content (AvgIpc) is 1.98. The minimum absolute atomic E-state index is 0.0636. The van der Waals surface area contributed by atoms with E-state index in [0.717, 1.165) is 6.54 Å². The quantitative estimate of drug-likeness (QED) is 0.614. The van der Waals surface area contributed by atoms with Gasteiger partial charge >= 0.3 is 0 Å². The van der Waals surface area contributed by atoms with Crippen LogP contribution >= 0.6 is 0 Å². The van der Waals surface area contributed by atoms with Crippen LogP contribution in [0, 0.1) is 11.8 Å². The third kappa shape index (κ3) is 4.59. The number of carbonyl (C=O) groups is 1. The Morgan fingerprint density at radius 1 is 1.55 bits per heavy atom. The average molecular weight is 155 g/mol. The van der Waals surface area contributed by atoms with Gasteiger partial charge in [0.15, 0.2) is 0 Å². The van der Waals surface area contributed by atoms with Crippen molar-refractivity contribution < 1.29 is 4.79 Å². The highest BCUT2D eigenvalue weighted by Crippen LogP contribution is 1.95. The molecule has 0 saturated heterocycles. The number of nitrogens with one attached hydrogen (secondary N) is 1. The van der Waals surface area contributed by atoms with Crippen molar-refractivity contribution in [2.24, 2.45) is 11.8 Å². The van der Waals surface area contributed by atoms with Gasteiger partial charge < -0.3 is 5.32 Å². The zero-order chi connectivity index (χ0) is 8.85. The molecule has 2 heteroatoms. The van der Waals surface area contributed by atoms with Crippen LogP contribution in [-0.4, -0.2) is 12.5 Å². The topological polar surface area (TPSA) is 29.1 Å². The van der Waals surface area contributed by atoms with E-state index < -0.39 is 0 Å². The maximum atomic E-state index is 11.1. The van der Waals surface area contributed by atoms with Crippen LogP contribution in [0.2, 0.25) is 0 Å². The molecule has 0 heterocycles. The minimum Gasteiger partial charge on any atom is -0.355 e. The Balaban J connectivity index is 3.60. The second-order valence-electron chi connectivity index (χ2n) is 3.16. The Morgan fingerprint density at radius 2 is 2.09 bits per heavy atom. The molecule has 0 saturated carbocycles. The zero-order valence-corrected chi connectivity index (χ0v) is 7.55. The molecule has 11 heavy (non-hydrogen) atoms. The van der Waals surface area contributed by atoms with Gasteiger partial charge in [-0.1, -0.05) is 26.8 Å². The smallest absolute Gasteiger partial charge is 0.226 e. The van der Waals surface area contributed by atoms with Crippen molar-refractivity contribution in [3.05, 3.63) is 12.7 Å². The second kappa shape index (κ2) is 4.94. The Morgan fingerprint density at radius 3 is 2.45 bits per heavy atom. The highest BCUT2D eigenvalue weighted by molar-refractivity contribution is 5.79. The predicted molar refractivity (Wildman–Crippen MR) is 47.2 cm³/mol. The zero-order valence-electron chi connectivity index (χ0n) is 7.55. The lowest BCUT2D eigenvalue weighted by atomic mass is 10.1. The van der Waals surface area contributed by atoms with E-state index in [-0.39, 0.29) is 11.8 Å². The van der Waals surface area contributed by atoms with Gasteiger partial charge in [-0.05, 0) is 5.92 Å². The van der Waals surface area contributed by atoms with Crippen molar-refractivity contribution in [3.8, 4) is 0 Å². The van der Waals surface area contributed by atoms with Crippen LogP contribution < -0.4 is 5.32 Å². The van der Waals surface area contributed by atoms with E-state index in [0.29, 0.717) is 5.92 Å². The van der Waals surface area contributed by atoms with Gasteiger partial charge in [0.2, 0.25) is 5.91 Å². The van der Waals surface area contributed by atoms with Crippen molar-refractivity contribution in [2.75, 3.05) is 6.54 Å². The molecule has 0 aliphatic rings. The van der Waals surface area contributed by atoms with E-state index in [1.807, 2.05) is 6.92 Å². The lowest BCUT2D eigenvalue weighted by Crippen LogP contribution is -2.31. The first-order valence-corrected chi connectivity index (χ1v) is 3.98. The van der Waals surface area contributed by atoms with Crippen LogP contribution in [0.5, 0.6) is 0 Å². The van der Waals surface area contributed by atoms with Crippen LogP contribution in [0.3, 0.4) is 0 Å². The Labute approximate surface area is 68.7 Å². The Kier molecular flexibility index (Phi) is 4.59. The summed E-state index contributed by atoms with van der Waals surface area (Å²) in [6.07, 6.45) is 1.65. The molecule has 0 aliphatic carbocycles. The standard InChI is InChI=1S/C9H17NO/c1-5-8(4)9(11)10-6-7(2)3/h5,7-8H,1,6H2,2-4H3,(H,10,11). The first kappa shape index (κ1) is 10.2. The van der Waals surface area contributed by atoms with Crippen molar-refractivity contribution in [1.82, 2.24) is 5.32 Å². The van der Waals surface area contributed by atoms with Crippen molar-refractivity contribution in [3.63, 3.8) is 0 Å². The first-order valence-electron chi connectivity index (χ1n) is 3.98. The van der Waals surface area contributed by atoms with Crippen LogP contribution in [0.25, 0.3) is 0 Å². The minimum atomic E-state index is -0.0752. The van der Waals surface area contributed by atoms with E-state index in [2.05, 4.69) is 25.7 Å². The lowest BCUT2D eigenvalue weighted by molar-refractivity contribution is -0.123. The Bertz CT molecular complexity index is 140. The van der Waals surface area contributed by atoms with Gasteiger partial charge in [0.1, 0.15) is 0 Å². The van der Waals surface area contributed by atoms with Gasteiger partial charge in [0, 0.05) is 6.54 Å². The van der Waals surface area contributed by atoms with Crippen LogP contribution in [0.15, 0.2) is 12.7 Å². The van der Waals surface area contributed by atoms with Crippen LogP contribution in [0.4, 0.5) is 0 Å². The molecule has 0 aromatic carbocycles. The van der Waals surface area contributed by atoms with Gasteiger partial charge in [0.05, 0.1) is 5.92 Å². The summed E-state index contributed by atoms with van der Waals surface area (Å²) in [5, 5.41) is 2.82. The molecule has 0 radical (unpaired) electrons. The van der Waals surface area contributed by atoms with E-state index in [9.17, 15) is 4.79 Å². The predicted octanol–water partition coefficient (Wildman–Crippen LogP) is 1.58. The number of hydrogen-bond donors (Lipinski definition) is 1. The molecule has 0 bridgehead atoms. The number of amides is 1. The number of carbonyl (C=O) groups excluding carboxylic acids is 1. The normalized spacial score (nSPS) is 12.7. The maximum absolute atomic E-state index is 11.1. The maximum Gasteiger partial charge on any atom is 0.226 e. The summed E-state index contributed by atoms with van der Waals surface area (Å²) in [6, 6.07) is 0. The summed E-state index contributed by atoms with van der Waals surface area (Å²) >= 11 is 0. The van der Waals surface area contributed by atoms with Gasteiger partial charge in [0.25, 0.3) is 0 Å². The molecule has 0 fully saturated rings. The second-order valence-corrected chi connectivity index (χ2v) is 3.16. The van der Waals surface area contributed by atoms with E-state index in [1.165, 1.54) is 0 Å². The fraction of sp³-hybridized carbons (Fsp3) is 0.667. The van der Waals surface area contributed by atoms with E-state index in [1.54, 1.807) is 6.08 Å².